The van der Waals surface area contributed by atoms with E-state index >= 15 is 0 Å². The number of rotatable bonds is 4. The van der Waals surface area contributed by atoms with E-state index < -0.39 is 6.61 Å². The van der Waals surface area contributed by atoms with Crippen LogP contribution in [0.3, 0.4) is 0 Å². The van der Waals surface area contributed by atoms with Gasteiger partial charge in [-0.15, -0.1) is 0 Å². The molecule has 0 unspecified atom stereocenters. The second-order valence-electron chi connectivity index (χ2n) is 3.46. The van der Waals surface area contributed by atoms with Gasteiger partial charge in [0.2, 0.25) is 0 Å². The number of hydrogen-bond acceptors (Lipinski definition) is 2. The second-order valence-corrected chi connectivity index (χ2v) is 3.46. The summed E-state index contributed by atoms with van der Waals surface area (Å²) in [7, 11) is 0. The monoisotopic (exact) mass is 226 g/mol. The highest BCUT2D eigenvalue weighted by atomic mass is 19.3. The van der Waals surface area contributed by atoms with Gasteiger partial charge < -0.3 is 4.74 Å². The van der Waals surface area contributed by atoms with Crippen molar-refractivity contribution < 1.29 is 18.3 Å². The lowest BCUT2D eigenvalue weighted by atomic mass is 10.1. The lowest BCUT2D eigenvalue weighted by Crippen LogP contribution is -2.06. The van der Waals surface area contributed by atoms with Gasteiger partial charge in [-0.25, -0.2) is 0 Å². The van der Waals surface area contributed by atoms with Crippen LogP contribution in [0, 0.1) is 0 Å². The first-order valence-corrected chi connectivity index (χ1v) is 4.74. The summed E-state index contributed by atoms with van der Waals surface area (Å²) < 4.78 is 28.4. The molecule has 4 heteroatoms. The molecule has 1 aromatic rings. The Bertz CT molecular complexity index is 407. The molecule has 0 spiro atoms. The summed E-state index contributed by atoms with van der Waals surface area (Å²) in [5.74, 6) is -0.434. The minimum Gasteiger partial charge on any atom is -0.434 e. The molecule has 1 aromatic carbocycles. The predicted octanol–water partition coefficient (Wildman–Crippen LogP) is 3.44. The fraction of sp³-hybridized carbons (Fsp3) is 0.250. The predicted molar refractivity (Wildman–Crippen MR) is 56.8 cm³/mol. The van der Waals surface area contributed by atoms with Crippen LogP contribution in [0.25, 0.3) is 0 Å². The van der Waals surface area contributed by atoms with Gasteiger partial charge in [0.25, 0.3) is 0 Å². The SMILES string of the molecule is CC(C)=CC(=O)c1ccccc1OC(F)F. The zero-order valence-corrected chi connectivity index (χ0v) is 9.04. The van der Waals surface area contributed by atoms with Gasteiger partial charge in [-0.3, -0.25) is 4.79 Å². The molecule has 0 heterocycles. The molecule has 1 rings (SSSR count). The Labute approximate surface area is 92.5 Å². The van der Waals surface area contributed by atoms with Crippen LogP contribution in [-0.4, -0.2) is 12.4 Å². The van der Waals surface area contributed by atoms with Crippen LogP contribution in [0.15, 0.2) is 35.9 Å². The molecule has 0 fully saturated rings. The molecule has 0 saturated heterocycles. The number of ketones is 1. The van der Waals surface area contributed by atoms with E-state index in [0.29, 0.717) is 0 Å². The number of allylic oxidation sites excluding steroid dienone is 2. The van der Waals surface area contributed by atoms with Gasteiger partial charge in [-0.2, -0.15) is 8.78 Å². The second kappa shape index (κ2) is 5.39. The average molecular weight is 226 g/mol. The van der Waals surface area contributed by atoms with E-state index in [2.05, 4.69) is 4.74 Å². The fourth-order valence-electron chi connectivity index (χ4n) is 1.21. The van der Waals surface area contributed by atoms with Crippen LogP contribution < -0.4 is 4.74 Å². The number of alkyl halides is 2. The number of hydrogen-bond donors (Lipinski definition) is 0. The number of ether oxygens (including phenoxy) is 1. The van der Waals surface area contributed by atoms with Crippen molar-refractivity contribution in [2.45, 2.75) is 20.5 Å². The maximum Gasteiger partial charge on any atom is 0.387 e. The molecule has 0 bridgehead atoms. The molecular weight excluding hydrogens is 214 g/mol. The third kappa shape index (κ3) is 3.46. The molecule has 0 N–H and O–H groups in total. The topological polar surface area (TPSA) is 26.3 Å². The molecule has 0 amide bonds. The Balaban J connectivity index is 3.03. The minimum absolute atomic E-state index is 0.0972. The van der Waals surface area contributed by atoms with Crippen LogP contribution in [-0.2, 0) is 0 Å². The van der Waals surface area contributed by atoms with Crippen molar-refractivity contribution in [2.24, 2.45) is 0 Å². The summed E-state index contributed by atoms with van der Waals surface area (Å²) in [6.07, 6.45) is 1.38. The van der Waals surface area contributed by atoms with E-state index in [-0.39, 0.29) is 17.1 Å². The van der Waals surface area contributed by atoms with E-state index in [9.17, 15) is 13.6 Å². The maximum absolute atomic E-state index is 12.1. The molecule has 86 valence electrons. The largest absolute Gasteiger partial charge is 0.434 e. The first-order valence-electron chi connectivity index (χ1n) is 4.74. The summed E-state index contributed by atoms with van der Waals surface area (Å²) in [4.78, 5) is 11.7. The maximum atomic E-state index is 12.1. The third-order valence-electron chi connectivity index (χ3n) is 1.79. The fourth-order valence-corrected chi connectivity index (χ4v) is 1.21. The Morgan fingerprint density at radius 2 is 1.94 bits per heavy atom. The van der Waals surface area contributed by atoms with Gasteiger partial charge in [-0.1, -0.05) is 17.7 Å². The normalized spacial score (nSPS) is 10.1. The molecule has 0 aliphatic heterocycles. The molecular formula is C12H12F2O2. The molecule has 0 aliphatic rings. The highest BCUT2D eigenvalue weighted by Crippen LogP contribution is 2.21. The summed E-state index contributed by atoms with van der Waals surface area (Å²) in [5, 5.41) is 0. The van der Waals surface area contributed by atoms with E-state index in [0.717, 1.165) is 5.57 Å². The summed E-state index contributed by atoms with van der Waals surface area (Å²) in [6.45, 7) is 0.587. The number of carbonyl (C=O) groups excluding carboxylic acids is 1. The van der Waals surface area contributed by atoms with Crippen LogP contribution in [0.5, 0.6) is 5.75 Å². The highest BCUT2D eigenvalue weighted by molar-refractivity contribution is 6.06. The van der Waals surface area contributed by atoms with Crippen molar-refractivity contribution in [2.75, 3.05) is 0 Å². The highest BCUT2D eigenvalue weighted by Gasteiger charge is 2.13. The van der Waals surface area contributed by atoms with Crippen molar-refractivity contribution in [3.8, 4) is 5.75 Å². The molecule has 0 aromatic heterocycles. The Morgan fingerprint density at radius 3 is 2.50 bits per heavy atom. The van der Waals surface area contributed by atoms with Gasteiger partial charge in [0.1, 0.15) is 5.75 Å². The summed E-state index contributed by atoms with van der Waals surface area (Å²) >= 11 is 0. The number of carbonyl (C=O) groups is 1. The molecule has 0 radical (unpaired) electrons. The van der Waals surface area contributed by atoms with E-state index in [1.165, 1.54) is 24.3 Å². The standard InChI is InChI=1S/C12H12F2O2/c1-8(2)7-10(15)9-5-3-4-6-11(9)16-12(13)14/h3-7,12H,1-2H3. The van der Waals surface area contributed by atoms with Crippen LogP contribution in [0.2, 0.25) is 0 Å². The van der Waals surface area contributed by atoms with E-state index in [4.69, 9.17) is 0 Å². The van der Waals surface area contributed by atoms with Crippen LogP contribution in [0.1, 0.15) is 24.2 Å². The smallest absolute Gasteiger partial charge is 0.387 e. The number of halogens is 2. The van der Waals surface area contributed by atoms with Crippen molar-refractivity contribution in [3.05, 3.63) is 41.5 Å². The van der Waals surface area contributed by atoms with Gasteiger partial charge in [0.15, 0.2) is 5.78 Å². The van der Waals surface area contributed by atoms with Crippen molar-refractivity contribution in [1.82, 2.24) is 0 Å². The van der Waals surface area contributed by atoms with Crippen molar-refractivity contribution in [3.63, 3.8) is 0 Å². The van der Waals surface area contributed by atoms with E-state index in [1.54, 1.807) is 19.9 Å². The van der Waals surface area contributed by atoms with Gasteiger partial charge in [0, 0.05) is 0 Å². The molecule has 2 nitrogen and oxygen atoms in total. The summed E-state index contributed by atoms with van der Waals surface area (Å²) in [6, 6.07) is 5.94. The van der Waals surface area contributed by atoms with Crippen LogP contribution >= 0.6 is 0 Å². The summed E-state index contributed by atoms with van der Waals surface area (Å²) in [5.41, 5.74) is 0.945. The zero-order valence-electron chi connectivity index (χ0n) is 9.04. The molecule has 0 atom stereocenters. The van der Waals surface area contributed by atoms with E-state index in [1.807, 2.05) is 0 Å². The van der Waals surface area contributed by atoms with Crippen molar-refractivity contribution >= 4 is 5.78 Å². The number of benzene rings is 1. The Morgan fingerprint density at radius 1 is 1.31 bits per heavy atom. The minimum atomic E-state index is -2.93. The lowest BCUT2D eigenvalue weighted by molar-refractivity contribution is -0.0501. The van der Waals surface area contributed by atoms with Gasteiger partial charge >= 0.3 is 6.61 Å². The molecule has 16 heavy (non-hydrogen) atoms. The van der Waals surface area contributed by atoms with Gasteiger partial charge in [-0.05, 0) is 32.1 Å². The lowest BCUT2D eigenvalue weighted by Gasteiger charge is -2.08. The molecule has 0 aliphatic carbocycles. The first-order chi connectivity index (χ1) is 7.50. The molecule has 0 saturated carbocycles. The zero-order chi connectivity index (χ0) is 12.1. The Hall–Kier alpha value is -1.71. The van der Waals surface area contributed by atoms with Crippen LogP contribution in [0.4, 0.5) is 8.78 Å². The quantitative estimate of drug-likeness (QED) is 0.580. The Kier molecular flexibility index (Phi) is 4.17. The van der Waals surface area contributed by atoms with Gasteiger partial charge in [0.05, 0.1) is 5.56 Å². The van der Waals surface area contributed by atoms with Crippen molar-refractivity contribution in [1.29, 1.82) is 0 Å². The third-order valence-corrected chi connectivity index (χ3v) is 1.79. The average Bonchev–Trinajstić information content (AvgIpc) is 2.16. The first kappa shape index (κ1) is 12.4. The number of para-hydroxylation sites is 1.